The maximum atomic E-state index is 9.93. The molecule has 0 radical (unpaired) electrons. The molecule has 0 aliphatic rings. The Kier molecular flexibility index (Phi) is 19.2. The van der Waals surface area contributed by atoms with E-state index < -0.39 is 0 Å². The van der Waals surface area contributed by atoms with Gasteiger partial charge in [0.2, 0.25) is 0 Å². The third kappa shape index (κ3) is 18.3. The van der Waals surface area contributed by atoms with E-state index in [4.69, 9.17) is 0 Å². The van der Waals surface area contributed by atoms with Crippen LogP contribution in [0.15, 0.2) is 0 Å². The fourth-order valence-electron chi connectivity index (χ4n) is 3.37. The summed E-state index contributed by atoms with van der Waals surface area (Å²) in [4.78, 5) is 0. The van der Waals surface area contributed by atoms with Crippen molar-refractivity contribution in [3.05, 3.63) is 0 Å². The second-order valence-electron chi connectivity index (χ2n) is 7.70. The predicted molar refractivity (Wildman–Crippen MR) is 106 cm³/mol. The lowest BCUT2D eigenvalue weighted by Gasteiger charge is -2.11. The average Bonchev–Trinajstić information content (AvgIpc) is 2.58. The van der Waals surface area contributed by atoms with Crippen molar-refractivity contribution in [1.82, 2.24) is 0 Å². The summed E-state index contributed by atoms with van der Waals surface area (Å²) in [6.45, 7) is 4.45. The fourth-order valence-corrected chi connectivity index (χ4v) is 3.37. The van der Waals surface area contributed by atoms with Gasteiger partial charge >= 0.3 is 0 Å². The number of aliphatic hydroxyl groups excluding tert-OH is 2. The van der Waals surface area contributed by atoms with Crippen LogP contribution in [-0.4, -0.2) is 22.4 Å². The topological polar surface area (TPSA) is 40.5 Å². The van der Waals surface area contributed by atoms with E-state index in [0.717, 1.165) is 25.7 Å². The normalized spacial score (nSPS) is 14.0. The van der Waals surface area contributed by atoms with Gasteiger partial charge in [0.25, 0.3) is 0 Å². The molecular weight excluding hydrogens is 296 g/mol. The van der Waals surface area contributed by atoms with Gasteiger partial charge in [0.05, 0.1) is 12.2 Å². The van der Waals surface area contributed by atoms with Gasteiger partial charge in [0, 0.05) is 0 Å². The van der Waals surface area contributed by atoms with Crippen LogP contribution in [0.1, 0.15) is 129 Å². The van der Waals surface area contributed by atoms with Gasteiger partial charge in [-0.3, -0.25) is 0 Å². The lowest BCUT2D eigenvalue weighted by molar-refractivity contribution is 0.145. The molecule has 0 bridgehead atoms. The Hall–Kier alpha value is -0.0800. The molecule has 0 amide bonds. The highest BCUT2D eigenvalue weighted by Crippen LogP contribution is 2.15. The van der Waals surface area contributed by atoms with Crippen molar-refractivity contribution in [2.75, 3.05) is 0 Å². The maximum Gasteiger partial charge on any atom is 0.0540 e. The Morgan fingerprint density at radius 2 is 0.667 bits per heavy atom. The summed E-state index contributed by atoms with van der Waals surface area (Å²) in [5, 5.41) is 19.9. The highest BCUT2D eigenvalue weighted by molar-refractivity contribution is 4.59. The average molecular weight is 343 g/mol. The first-order chi connectivity index (χ1) is 11.7. The summed E-state index contributed by atoms with van der Waals surface area (Å²) in [5.41, 5.74) is 0. The third-order valence-electron chi connectivity index (χ3n) is 5.11. The number of hydrogen-bond acceptors (Lipinski definition) is 2. The van der Waals surface area contributed by atoms with Gasteiger partial charge in [-0.05, 0) is 25.7 Å². The molecule has 0 rings (SSSR count). The summed E-state index contributed by atoms with van der Waals surface area (Å²) in [6.07, 6.45) is 21.4. The molecule has 0 aromatic rings. The molecule has 0 aliphatic carbocycles. The zero-order chi connectivity index (χ0) is 17.9. The van der Waals surface area contributed by atoms with Gasteiger partial charge in [-0.2, -0.15) is 0 Å². The second-order valence-corrected chi connectivity index (χ2v) is 7.70. The van der Waals surface area contributed by atoms with Gasteiger partial charge in [-0.15, -0.1) is 0 Å². The SMILES string of the molecule is CCCCCCC(O)CCCCCCCCC(O)CCCCCC. The smallest absolute Gasteiger partial charge is 0.0540 e. The van der Waals surface area contributed by atoms with Crippen LogP contribution in [0.25, 0.3) is 0 Å². The maximum absolute atomic E-state index is 9.93. The van der Waals surface area contributed by atoms with Crippen molar-refractivity contribution >= 4 is 0 Å². The van der Waals surface area contributed by atoms with Crippen molar-refractivity contribution in [3.63, 3.8) is 0 Å². The quantitative estimate of drug-likeness (QED) is 0.254. The third-order valence-corrected chi connectivity index (χ3v) is 5.11. The lowest BCUT2D eigenvalue weighted by atomic mass is 10.0. The van der Waals surface area contributed by atoms with Crippen LogP contribution in [0.4, 0.5) is 0 Å². The molecule has 0 saturated heterocycles. The molecule has 0 saturated carbocycles. The van der Waals surface area contributed by atoms with E-state index in [2.05, 4.69) is 13.8 Å². The summed E-state index contributed by atoms with van der Waals surface area (Å²) in [5.74, 6) is 0. The van der Waals surface area contributed by atoms with Crippen molar-refractivity contribution in [1.29, 1.82) is 0 Å². The minimum absolute atomic E-state index is 0.0651. The summed E-state index contributed by atoms with van der Waals surface area (Å²) in [6, 6.07) is 0. The first-order valence-electron chi connectivity index (χ1n) is 11.1. The van der Waals surface area contributed by atoms with E-state index in [-0.39, 0.29) is 12.2 Å². The van der Waals surface area contributed by atoms with Gasteiger partial charge < -0.3 is 10.2 Å². The Morgan fingerprint density at radius 3 is 0.958 bits per heavy atom. The van der Waals surface area contributed by atoms with Crippen LogP contribution in [0.5, 0.6) is 0 Å². The van der Waals surface area contributed by atoms with Crippen molar-refractivity contribution < 1.29 is 10.2 Å². The van der Waals surface area contributed by atoms with Crippen molar-refractivity contribution in [2.45, 2.75) is 142 Å². The Balaban J connectivity index is 3.21. The van der Waals surface area contributed by atoms with Crippen LogP contribution >= 0.6 is 0 Å². The van der Waals surface area contributed by atoms with Crippen LogP contribution in [0.2, 0.25) is 0 Å². The lowest BCUT2D eigenvalue weighted by Crippen LogP contribution is -2.06. The minimum atomic E-state index is -0.0651. The number of rotatable bonds is 19. The molecule has 0 aromatic carbocycles. The van der Waals surface area contributed by atoms with Crippen molar-refractivity contribution in [3.8, 4) is 0 Å². The first-order valence-corrected chi connectivity index (χ1v) is 11.1. The minimum Gasteiger partial charge on any atom is -0.393 e. The van der Waals surface area contributed by atoms with Gasteiger partial charge in [0.1, 0.15) is 0 Å². The molecule has 2 heteroatoms. The van der Waals surface area contributed by atoms with Gasteiger partial charge in [-0.25, -0.2) is 0 Å². The first kappa shape index (κ1) is 23.9. The molecule has 146 valence electrons. The zero-order valence-corrected chi connectivity index (χ0v) is 16.8. The van der Waals surface area contributed by atoms with E-state index in [9.17, 15) is 10.2 Å². The molecule has 2 N–H and O–H groups in total. The summed E-state index contributed by atoms with van der Waals surface area (Å²) < 4.78 is 0. The van der Waals surface area contributed by atoms with Gasteiger partial charge in [-0.1, -0.05) is 104 Å². The Morgan fingerprint density at radius 1 is 0.417 bits per heavy atom. The Bertz CT molecular complexity index is 206. The molecule has 0 aliphatic heterocycles. The molecule has 2 atom stereocenters. The standard InChI is InChI=1S/C22H46O2/c1-3-5-7-13-17-21(23)19-15-11-9-10-12-16-20-22(24)18-14-8-6-4-2/h21-24H,3-20H2,1-2H3. The predicted octanol–water partition coefficient (Wildman–Crippen LogP) is 6.77. The van der Waals surface area contributed by atoms with Crippen LogP contribution in [0, 0.1) is 0 Å². The largest absolute Gasteiger partial charge is 0.393 e. The van der Waals surface area contributed by atoms with E-state index in [0.29, 0.717) is 0 Å². The van der Waals surface area contributed by atoms with E-state index in [1.807, 2.05) is 0 Å². The number of unbranched alkanes of at least 4 members (excludes halogenated alkanes) is 11. The van der Waals surface area contributed by atoms with E-state index in [1.54, 1.807) is 0 Å². The van der Waals surface area contributed by atoms with E-state index in [1.165, 1.54) is 89.9 Å². The second kappa shape index (κ2) is 19.2. The molecule has 2 unspecified atom stereocenters. The van der Waals surface area contributed by atoms with Crippen LogP contribution in [0.3, 0.4) is 0 Å². The fraction of sp³-hybridized carbons (Fsp3) is 1.00. The molecule has 0 aromatic heterocycles. The highest BCUT2D eigenvalue weighted by Gasteiger charge is 2.05. The molecule has 0 fully saturated rings. The highest BCUT2D eigenvalue weighted by atomic mass is 16.3. The molecular formula is C22H46O2. The van der Waals surface area contributed by atoms with Gasteiger partial charge in [0.15, 0.2) is 0 Å². The van der Waals surface area contributed by atoms with Crippen LogP contribution < -0.4 is 0 Å². The number of aliphatic hydroxyl groups is 2. The van der Waals surface area contributed by atoms with Crippen LogP contribution in [-0.2, 0) is 0 Å². The molecule has 24 heavy (non-hydrogen) atoms. The monoisotopic (exact) mass is 342 g/mol. The summed E-state index contributed by atoms with van der Waals surface area (Å²) in [7, 11) is 0. The zero-order valence-electron chi connectivity index (χ0n) is 16.8. The number of hydrogen-bond donors (Lipinski definition) is 2. The van der Waals surface area contributed by atoms with Crippen molar-refractivity contribution in [2.24, 2.45) is 0 Å². The Labute approximate surface area is 152 Å². The molecule has 2 nitrogen and oxygen atoms in total. The van der Waals surface area contributed by atoms with E-state index >= 15 is 0 Å². The molecule has 0 spiro atoms. The molecule has 0 heterocycles. The summed E-state index contributed by atoms with van der Waals surface area (Å²) >= 11 is 0.